The molecule has 1 aliphatic heterocycles. The fraction of sp³-hybridized carbons (Fsp3) is 0.200. The molecule has 0 spiro atoms. The third kappa shape index (κ3) is 3.73. The first-order chi connectivity index (χ1) is 13.9. The Morgan fingerprint density at radius 1 is 1.21 bits per heavy atom. The van der Waals surface area contributed by atoms with Gasteiger partial charge in [-0.2, -0.15) is 8.42 Å². The summed E-state index contributed by atoms with van der Waals surface area (Å²) < 4.78 is 29.6. The molecular formula is C20H19ClN4O3S. The summed E-state index contributed by atoms with van der Waals surface area (Å²) in [5.41, 5.74) is 1.88. The van der Waals surface area contributed by atoms with Gasteiger partial charge in [-0.05, 0) is 42.7 Å². The van der Waals surface area contributed by atoms with Gasteiger partial charge >= 0.3 is 0 Å². The number of hydrogen-bond donors (Lipinski definition) is 1. The highest BCUT2D eigenvalue weighted by atomic mass is 35.5. The molecule has 0 saturated carbocycles. The van der Waals surface area contributed by atoms with Crippen LogP contribution in [0.2, 0.25) is 5.02 Å². The van der Waals surface area contributed by atoms with Gasteiger partial charge in [-0.25, -0.2) is 4.98 Å². The fourth-order valence-electron chi connectivity index (χ4n) is 3.46. The average Bonchev–Trinajstić information content (AvgIpc) is 3.14. The van der Waals surface area contributed by atoms with Crippen LogP contribution in [0, 0.1) is 0 Å². The summed E-state index contributed by atoms with van der Waals surface area (Å²) in [6.45, 7) is 0. The second kappa shape index (κ2) is 7.53. The number of halogens is 1. The van der Waals surface area contributed by atoms with Crippen LogP contribution in [-0.2, 0) is 28.3 Å². The molecule has 4 rings (SSSR count). The highest BCUT2D eigenvalue weighted by Gasteiger charge is 2.40. The number of anilines is 2. The molecule has 2 aromatic carbocycles. The van der Waals surface area contributed by atoms with Crippen molar-refractivity contribution in [1.82, 2.24) is 9.55 Å². The number of fused-ring (bicyclic) bond motifs is 1. The summed E-state index contributed by atoms with van der Waals surface area (Å²) >= 11 is 6.00. The van der Waals surface area contributed by atoms with E-state index in [1.807, 2.05) is 12.1 Å². The van der Waals surface area contributed by atoms with E-state index in [9.17, 15) is 13.2 Å². The van der Waals surface area contributed by atoms with Crippen LogP contribution in [0.15, 0.2) is 66.1 Å². The van der Waals surface area contributed by atoms with Gasteiger partial charge in [0.25, 0.3) is 10.0 Å². The molecule has 2 heterocycles. The van der Waals surface area contributed by atoms with E-state index < -0.39 is 22.0 Å². The largest absolute Gasteiger partial charge is 0.339 e. The van der Waals surface area contributed by atoms with Crippen molar-refractivity contribution in [1.29, 1.82) is 0 Å². The number of sulfonamides is 1. The molecule has 7 nitrogen and oxygen atoms in total. The molecule has 1 N–H and O–H groups in total. The molecule has 0 aliphatic carbocycles. The number of rotatable bonds is 4. The maximum Gasteiger partial charge on any atom is 0.284 e. The van der Waals surface area contributed by atoms with E-state index in [0.717, 1.165) is 5.56 Å². The lowest BCUT2D eigenvalue weighted by atomic mass is 9.97. The Morgan fingerprint density at radius 3 is 2.72 bits per heavy atom. The van der Waals surface area contributed by atoms with Gasteiger partial charge in [0.15, 0.2) is 5.03 Å². The number of nitrogens with zero attached hydrogens (tertiary/aromatic N) is 3. The first kappa shape index (κ1) is 19.5. The normalized spacial score (nSPS) is 16.3. The number of nitrogens with one attached hydrogen (secondary N) is 1. The molecule has 0 saturated heterocycles. The molecule has 1 atom stereocenters. The lowest BCUT2D eigenvalue weighted by molar-refractivity contribution is -0.117. The van der Waals surface area contributed by atoms with Crippen molar-refractivity contribution >= 4 is 38.9 Å². The van der Waals surface area contributed by atoms with Crippen LogP contribution in [0.3, 0.4) is 0 Å². The predicted molar refractivity (Wildman–Crippen MR) is 112 cm³/mol. The standard InChI is InChI=1S/C20H19ClN4O3S/c1-24-12-19(22-13-24)29(27,28)25-17-8-3-2-5-14(17)9-10-18(25)20(26)23-16-7-4-6-15(21)11-16/h2-8,11-13,18H,9-10H2,1H3,(H,23,26). The van der Waals surface area contributed by atoms with Crippen LogP contribution < -0.4 is 9.62 Å². The van der Waals surface area contributed by atoms with Crippen molar-refractivity contribution in [3.63, 3.8) is 0 Å². The maximum atomic E-state index is 13.4. The third-order valence-corrected chi connectivity index (χ3v) is 6.74. The van der Waals surface area contributed by atoms with Gasteiger partial charge in [-0.1, -0.05) is 35.9 Å². The summed E-state index contributed by atoms with van der Waals surface area (Å²) in [5, 5.41) is 3.17. The van der Waals surface area contributed by atoms with Crippen molar-refractivity contribution < 1.29 is 13.2 Å². The molecule has 150 valence electrons. The van der Waals surface area contributed by atoms with Crippen LogP contribution in [0.25, 0.3) is 0 Å². The van der Waals surface area contributed by atoms with E-state index in [-0.39, 0.29) is 5.03 Å². The number of carbonyl (C=O) groups excluding carboxylic acids is 1. The van der Waals surface area contributed by atoms with Crippen LogP contribution in [0.1, 0.15) is 12.0 Å². The van der Waals surface area contributed by atoms with Gasteiger partial charge in [0, 0.05) is 24.0 Å². The van der Waals surface area contributed by atoms with Gasteiger partial charge in [-0.15, -0.1) is 0 Å². The minimum atomic E-state index is -4.03. The third-order valence-electron chi connectivity index (χ3n) is 4.80. The van der Waals surface area contributed by atoms with Crippen LogP contribution in [-0.4, -0.2) is 29.9 Å². The second-order valence-corrected chi connectivity index (χ2v) is 9.06. The predicted octanol–water partition coefficient (Wildman–Crippen LogP) is 3.22. The molecule has 0 bridgehead atoms. The Balaban J connectivity index is 1.75. The molecule has 1 amide bonds. The van der Waals surface area contributed by atoms with E-state index in [0.29, 0.717) is 29.2 Å². The minimum absolute atomic E-state index is 0.0998. The van der Waals surface area contributed by atoms with E-state index in [4.69, 9.17) is 11.6 Å². The van der Waals surface area contributed by atoms with Crippen molar-refractivity contribution in [2.24, 2.45) is 7.05 Å². The lowest BCUT2D eigenvalue weighted by Gasteiger charge is -2.36. The summed E-state index contributed by atoms with van der Waals surface area (Å²) in [7, 11) is -2.34. The molecule has 0 radical (unpaired) electrons. The van der Waals surface area contributed by atoms with Crippen LogP contribution >= 0.6 is 11.6 Å². The molecule has 29 heavy (non-hydrogen) atoms. The molecule has 1 unspecified atom stereocenters. The Bertz CT molecular complexity index is 1180. The first-order valence-electron chi connectivity index (χ1n) is 9.03. The van der Waals surface area contributed by atoms with E-state index >= 15 is 0 Å². The number of benzene rings is 2. The van der Waals surface area contributed by atoms with Crippen LogP contribution in [0.5, 0.6) is 0 Å². The maximum absolute atomic E-state index is 13.4. The highest BCUT2D eigenvalue weighted by molar-refractivity contribution is 7.92. The van der Waals surface area contributed by atoms with Crippen molar-refractivity contribution in [3.05, 3.63) is 71.6 Å². The number of aromatic nitrogens is 2. The fourth-order valence-corrected chi connectivity index (χ4v) is 5.31. The van der Waals surface area contributed by atoms with E-state index in [1.165, 1.54) is 16.8 Å². The zero-order chi connectivity index (χ0) is 20.6. The number of hydrogen-bond acceptors (Lipinski definition) is 4. The van der Waals surface area contributed by atoms with Crippen molar-refractivity contribution in [2.45, 2.75) is 23.9 Å². The molecule has 1 aliphatic rings. The van der Waals surface area contributed by atoms with Crippen molar-refractivity contribution in [3.8, 4) is 0 Å². The lowest BCUT2D eigenvalue weighted by Crippen LogP contribution is -2.50. The van der Waals surface area contributed by atoms with E-state index in [2.05, 4.69) is 10.3 Å². The quantitative estimate of drug-likeness (QED) is 0.688. The van der Waals surface area contributed by atoms with Gasteiger partial charge in [0.05, 0.1) is 12.0 Å². The number of amides is 1. The molecule has 3 aromatic rings. The zero-order valence-electron chi connectivity index (χ0n) is 15.6. The number of imidazole rings is 1. The van der Waals surface area contributed by atoms with Crippen LogP contribution in [0.4, 0.5) is 11.4 Å². The Kier molecular flexibility index (Phi) is 5.06. The Labute approximate surface area is 174 Å². The van der Waals surface area contributed by atoms with E-state index in [1.54, 1.807) is 48.0 Å². The molecular weight excluding hydrogens is 412 g/mol. The molecule has 9 heteroatoms. The number of aryl methyl sites for hydroxylation is 2. The first-order valence-corrected chi connectivity index (χ1v) is 10.8. The summed E-state index contributed by atoms with van der Waals surface area (Å²) in [5.74, 6) is -0.415. The topological polar surface area (TPSA) is 84.3 Å². The minimum Gasteiger partial charge on any atom is -0.339 e. The summed E-state index contributed by atoms with van der Waals surface area (Å²) in [6.07, 6.45) is 3.80. The summed E-state index contributed by atoms with van der Waals surface area (Å²) in [6, 6.07) is 13.0. The van der Waals surface area contributed by atoms with Gasteiger partial charge in [0.2, 0.25) is 5.91 Å². The monoisotopic (exact) mass is 430 g/mol. The zero-order valence-corrected chi connectivity index (χ0v) is 17.2. The molecule has 1 aromatic heterocycles. The Morgan fingerprint density at radius 2 is 2.00 bits per heavy atom. The van der Waals surface area contributed by atoms with Gasteiger partial charge < -0.3 is 9.88 Å². The molecule has 0 fully saturated rings. The Hall–Kier alpha value is -2.84. The van der Waals surface area contributed by atoms with Crippen molar-refractivity contribution in [2.75, 3.05) is 9.62 Å². The van der Waals surface area contributed by atoms with Gasteiger partial charge in [0.1, 0.15) is 6.04 Å². The van der Waals surface area contributed by atoms with Gasteiger partial charge in [-0.3, -0.25) is 9.10 Å². The second-order valence-electron chi connectivity index (χ2n) is 6.86. The SMILES string of the molecule is Cn1cnc(S(=O)(=O)N2c3ccccc3CCC2C(=O)Nc2cccc(Cl)c2)c1. The highest BCUT2D eigenvalue weighted by Crippen LogP contribution is 2.35. The number of carbonyl (C=O) groups is 1. The smallest absolute Gasteiger partial charge is 0.284 e. The summed E-state index contributed by atoms with van der Waals surface area (Å²) in [4.78, 5) is 17.1. The number of para-hydroxylation sites is 1. The average molecular weight is 431 g/mol.